The molecule has 0 bridgehead atoms. The lowest BCUT2D eigenvalue weighted by atomic mass is 9.97. The summed E-state index contributed by atoms with van der Waals surface area (Å²) in [4.78, 5) is 19.4. The summed E-state index contributed by atoms with van der Waals surface area (Å²) in [7, 11) is 0. The van der Waals surface area contributed by atoms with E-state index < -0.39 is 44.7 Å². The predicted molar refractivity (Wildman–Crippen MR) is 101 cm³/mol. The third-order valence-electron chi connectivity index (χ3n) is 4.55. The number of rotatable bonds is 4. The number of hydrogen-bond donors (Lipinski definition) is 0. The average molecular weight is 456 g/mol. The lowest BCUT2D eigenvalue weighted by Gasteiger charge is -2.11. The number of nitro benzene ring substituents is 2. The highest BCUT2D eigenvalue weighted by molar-refractivity contribution is 5.73. The Morgan fingerprint density at radius 2 is 0.812 bits per heavy atom. The van der Waals surface area contributed by atoms with Gasteiger partial charge in [-0.15, -0.1) is 0 Å². The average Bonchev–Trinajstić information content (AvgIpc) is 2.71. The van der Waals surface area contributed by atoms with Gasteiger partial charge in [0.15, 0.2) is 0 Å². The van der Waals surface area contributed by atoms with Crippen molar-refractivity contribution in [1.82, 2.24) is 0 Å². The number of halogens is 6. The third kappa shape index (κ3) is 4.53. The van der Waals surface area contributed by atoms with Gasteiger partial charge in [-0.3, -0.25) is 20.2 Å². The Labute approximate surface area is 175 Å². The van der Waals surface area contributed by atoms with Crippen molar-refractivity contribution >= 4 is 11.4 Å². The molecule has 0 unspecified atom stereocenters. The van der Waals surface area contributed by atoms with E-state index in [-0.39, 0.29) is 22.3 Å². The van der Waals surface area contributed by atoms with Crippen LogP contribution in [0.3, 0.4) is 0 Å². The van der Waals surface area contributed by atoms with Crippen LogP contribution in [0.1, 0.15) is 11.1 Å². The first kappa shape index (κ1) is 22.7. The van der Waals surface area contributed by atoms with Gasteiger partial charge in [0.1, 0.15) is 11.1 Å². The molecule has 12 heteroatoms. The van der Waals surface area contributed by atoms with Crippen LogP contribution < -0.4 is 0 Å². The van der Waals surface area contributed by atoms with E-state index in [1.807, 2.05) is 0 Å². The molecule has 32 heavy (non-hydrogen) atoms. The lowest BCUT2D eigenvalue weighted by Crippen LogP contribution is -2.09. The lowest BCUT2D eigenvalue weighted by molar-refractivity contribution is -0.388. The smallest absolute Gasteiger partial charge is 0.258 e. The summed E-state index contributed by atoms with van der Waals surface area (Å²) < 4.78 is 79.0. The molecule has 0 amide bonds. The molecule has 0 aromatic heterocycles. The molecule has 166 valence electrons. The van der Waals surface area contributed by atoms with Crippen LogP contribution in [-0.4, -0.2) is 9.85 Å². The van der Waals surface area contributed by atoms with Gasteiger partial charge in [-0.1, -0.05) is 24.3 Å². The second-order valence-corrected chi connectivity index (χ2v) is 6.55. The van der Waals surface area contributed by atoms with Crippen molar-refractivity contribution in [3.8, 4) is 22.3 Å². The molecule has 0 saturated heterocycles. The molecule has 3 aromatic carbocycles. The molecular weight excluding hydrogens is 446 g/mol. The Hall–Kier alpha value is -3.96. The summed E-state index contributed by atoms with van der Waals surface area (Å²) in [5.41, 5.74) is -4.61. The first-order chi connectivity index (χ1) is 14.8. The number of nitro groups is 2. The monoisotopic (exact) mass is 456 g/mol. The van der Waals surface area contributed by atoms with Crippen LogP contribution in [0, 0.1) is 20.2 Å². The summed E-state index contributed by atoms with van der Waals surface area (Å²) in [5, 5.41) is 21.7. The topological polar surface area (TPSA) is 86.3 Å². The molecule has 0 saturated carbocycles. The zero-order valence-electron chi connectivity index (χ0n) is 15.6. The molecule has 0 spiro atoms. The van der Waals surface area contributed by atoms with Crippen molar-refractivity contribution in [3.05, 3.63) is 92.0 Å². The van der Waals surface area contributed by atoms with Crippen molar-refractivity contribution < 1.29 is 36.2 Å². The molecule has 0 aliphatic rings. The SMILES string of the molecule is O=[N+]([O-])c1ccc(-c2ccc(-c3ccc([N+](=O)[O-])c(C(F)(F)F)c3)cc2)cc1C(F)(F)F. The minimum atomic E-state index is -4.97. The van der Waals surface area contributed by atoms with Crippen LogP contribution in [0.4, 0.5) is 37.7 Å². The van der Waals surface area contributed by atoms with Gasteiger partial charge in [0.05, 0.1) is 9.85 Å². The summed E-state index contributed by atoms with van der Waals surface area (Å²) in [6.45, 7) is 0. The van der Waals surface area contributed by atoms with E-state index in [2.05, 4.69) is 0 Å². The van der Waals surface area contributed by atoms with Crippen molar-refractivity contribution in [2.24, 2.45) is 0 Å². The fourth-order valence-corrected chi connectivity index (χ4v) is 3.06. The Morgan fingerprint density at radius 3 is 1.06 bits per heavy atom. The second kappa shape index (κ2) is 7.94. The second-order valence-electron chi connectivity index (χ2n) is 6.55. The van der Waals surface area contributed by atoms with E-state index >= 15 is 0 Å². The normalized spacial score (nSPS) is 11.9. The Morgan fingerprint density at radius 1 is 0.531 bits per heavy atom. The van der Waals surface area contributed by atoms with Gasteiger partial charge in [-0.2, -0.15) is 26.3 Å². The standard InChI is InChI=1S/C20H10F6N2O4/c21-19(22,23)15-9-13(5-7-17(15)27(29)30)11-1-2-12(4-3-11)14-6-8-18(28(31)32)16(10-14)20(24,25)26/h1-10H. The van der Waals surface area contributed by atoms with Crippen molar-refractivity contribution in [2.45, 2.75) is 12.4 Å². The van der Waals surface area contributed by atoms with Crippen molar-refractivity contribution in [1.29, 1.82) is 0 Å². The quantitative estimate of drug-likeness (QED) is 0.243. The van der Waals surface area contributed by atoms with Crippen molar-refractivity contribution in [3.63, 3.8) is 0 Å². The largest absolute Gasteiger partial charge is 0.423 e. The van der Waals surface area contributed by atoms with E-state index in [1.54, 1.807) is 0 Å². The maximum absolute atomic E-state index is 13.2. The molecular formula is C20H10F6N2O4. The first-order valence-electron chi connectivity index (χ1n) is 8.61. The number of hydrogen-bond acceptors (Lipinski definition) is 4. The maximum atomic E-state index is 13.2. The summed E-state index contributed by atoms with van der Waals surface area (Å²) in [6, 6.07) is 10.2. The van der Waals surface area contributed by atoms with Crippen LogP contribution in [0.2, 0.25) is 0 Å². The van der Waals surface area contributed by atoms with Gasteiger partial charge in [0.2, 0.25) is 0 Å². The molecule has 3 rings (SSSR count). The van der Waals surface area contributed by atoms with E-state index in [0.29, 0.717) is 12.1 Å². The van der Waals surface area contributed by atoms with Gasteiger partial charge in [0, 0.05) is 12.1 Å². The highest BCUT2D eigenvalue weighted by Crippen LogP contribution is 2.40. The molecule has 0 N–H and O–H groups in total. The van der Waals surface area contributed by atoms with E-state index in [9.17, 15) is 46.6 Å². The van der Waals surface area contributed by atoms with Gasteiger partial charge in [-0.25, -0.2) is 0 Å². The van der Waals surface area contributed by atoms with Crippen LogP contribution in [0.5, 0.6) is 0 Å². The van der Waals surface area contributed by atoms with Crippen LogP contribution in [0.25, 0.3) is 22.3 Å². The molecule has 6 nitrogen and oxygen atoms in total. The molecule has 0 atom stereocenters. The third-order valence-corrected chi connectivity index (χ3v) is 4.55. The molecule has 3 aromatic rings. The number of benzene rings is 3. The van der Waals surface area contributed by atoms with Crippen LogP contribution in [-0.2, 0) is 12.4 Å². The maximum Gasteiger partial charge on any atom is 0.423 e. The van der Waals surface area contributed by atoms with Gasteiger partial charge in [0.25, 0.3) is 11.4 Å². The van der Waals surface area contributed by atoms with E-state index in [0.717, 1.165) is 24.3 Å². The van der Waals surface area contributed by atoms with Gasteiger partial charge >= 0.3 is 12.4 Å². The molecule has 0 aliphatic carbocycles. The fourth-order valence-electron chi connectivity index (χ4n) is 3.06. The number of alkyl halides is 6. The zero-order valence-corrected chi connectivity index (χ0v) is 15.6. The Balaban J connectivity index is 2.02. The summed E-state index contributed by atoms with van der Waals surface area (Å²) in [6.07, 6.45) is -9.93. The predicted octanol–water partition coefficient (Wildman–Crippen LogP) is 6.87. The fraction of sp³-hybridized carbons (Fsp3) is 0.100. The zero-order chi connectivity index (χ0) is 23.8. The van der Waals surface area contributed by atoms with E-state index in [1.165, 1.54) is 24.3 Å². The first-order valence-corrected chi connectivity index (χ1v) is 8.61. The summed E-state index contributed by atoms with van der Waals surface area (Å²) in [5.74, 6) is 0. The highest BCUT2D eigenvalue weighted by Gasteiger charge is 2.39. The minimum Gasteiger partial charge on any atom is -0.258 e. The van der Waals surface area contributed by atoms with Gasteiger partial charge < -0.3 is 0 Å². The van der Waals surface area contributed by atoms with Gasteiger partial charge in [-0.05, 0) is 46.5 Å². The molecule has 0 fully saturated rings. The molecule has 0 heterocycles. The Kier molecular flexibility index (Phi) is 5.64. The molecule has 0 radical (unpaired) electrons. The van der Waals surface area contributed by atoms with Crippen molar-refractivity contribution in [2.75, 3.05) is 0 Å². The molecule has 0 aliphatic heterocycles. The van der Waals surface area contributed by atoms with Crippen LogP contribution >= 0.6 is 0 Å². The summed E-state index contributed by atoms with van der Waals surface area (Å²) >= 11 is 0. The highest BCUT2D eigenvalue weighted by atomic mass is 19.4. The Bertz CT molecular complexity index is 1110. The van der Waals surface area contributed by atoms with Crippen LogP contribution in [0.15, 0.2) is 60.7 Å². The minimum absolute atomic E-state index is 0.00848. The van der Waals surface area contributed by atoms with E-state index in [4.69, 9.17) is 0 Å². The number of nitrogens with zero attached hydrogens (tertiary/aromatic N) is 2.